The zero-order chi connectivity index (χ0) is 26.8. The summed E-state index contributed by atoms with van der Waals surface area (Å²) in [7, 11) is 0. The third-order valence-electron chi connectivity index (χ3n) is 5.93. The first-order valence-corrected chi connectivity index (χ1v) is 13.5. The van der Waals surface area contributed by atoms with Gasteiger partial charge in [0, 0.05) is 37.7 Å². The van der Waals surface area contributed by atoms with E-state index in [9.17, 15) is 18.8 Å². The Balaban J connectivity index is 1.37. The molecule has 10 heteroatoms. The second-order valence-corrected chi connectivity index (χ2v) is 10.8. The van der Waals surface area contributed by atoms with Crippen LogP contribution in [0.3, 0.4) is 0 Å². The number of imide groups is 1. The van der Waals surface area contributed by atoms with E-state index in [0.29, 0.717) is 17.1 Å². The lowest BCUT2D eigenvalue weighted by Gasteiger charge is -2.11. The number of fused-ring (bicyclic) bond motifs is 1. The van der Waals surface area contributed by atoms with Crippen LogP contribution in [0.4, 0.5) is 9.18 Å². The molecule has 4 aromatic rings. The third-order valence-corrected chi connectivity index (χ3v) is 7.58. The molecule has 0 bridgehead atoms. The first-order valence-electron chi connectivity index (χ1n) is 11.5. The van der Waals surface area contributed by atoms with Crippen molar-refractivity contribution in [3.05, 3.63) is 104 Å². The highest BCUT2D eigenvalue weighted by molar-refractivity contribution is 9.10. The lowest BCUT2D eigenvalue weighted by molar-refractivity contribution is -0.122. The lowest BCUT2D eigenvalue weighted by atomic mass is 10.1. The van der Waals surface area contributed by atoms with Crippen molar-refractivity contribution in [3.63, 3.8) is 0 Å². The lowest BCUT2D eigenvalue weighted by Crippen LogP contribution is -2.33. The Kier molecular flexibility index (Phi) is 7.69. The topological polar surface area (TPSA) is 68.6 Å². The highest BCUT2D eigenvalue weighted by Gasteiger charge is 2.36. The number of halogens is 3. The predicted octanol–water partition coefficient (Wildman–Crippen LogP) is 7.19. The van der Waals surface area contributed by atoms with Crippen LogP contribution in [0.25, 0.3) is 17.0 Å². The number of rotatable bonds is 8. The Labute approximate surface area is 235 Å². The molecule has 0 radical (unpaired) electrons. The van der Waals surface area contributed by atoms with E-state index in [-0.39, 0.29) is 29.6 Å². The van der Waals surface area contributed by atoms with Gasteiger partial charge in [0.1, 0.15) is 6.61 Å². The van der Waals surface area contributed by atoms with E-state index in [1.165, 1.54) is 6.07 Å². The molecule has 3 aromatic carbocycles. The number of para-hydroxylation sites is 1. The van der Waals surface area contributed by atoms with Gasteiger partial charge < -0.3 is 9.30 Å². The molecule has 0 saturated carbocycles. The van der Waals surface area contributed by atoms with E-state index in [4.69, 9.17) is 16.3 Å². The Morgan fingerprint density at radius 3 is 2.61 bits per heavy atom. The molecule has 0 spiro atoms. The van der Waals surface area contributed by atoms with Crippen LogP contribution < -0.4 is 4.74 Å². The monoisotopic (exact) mass is 612 g/mol. The number of carbonyl (C=O) groups excluding carboxylic acids is 3. The third kappa shape index (κ3) is 5.55. The van der Waals surface area contributed by atoms with Gasteiger partial charge in [0.05, 0.1) is 18.0 Å². The minimum atomic E-state index is -0.527. The molecule has 5 rings (SSSR count). The summed E-state index contributed by atoms with van der Waals surface area (Å²) in [5.74, 6) is -1.14. The van der Waals surface area contributed by atoms with Crippen LogP contribution in [-0.2, 0) is 11.3 Å². The molecule has 0 unspecified atom stereocenters. The smallest absolute Gasteiger partial charge is 0.293 e. The van der Waals surface area contributed by atoms with Crippen molar-refractivity contribution in [1.29, 1.82) is 0 Å². The van der Waals surface area contributed by atoms with Crippen molar-refractivity contribution in [1.82, 2.24) is 9.47 Å². The molecule has 38 heavy (non-hydrogen) atoms. The van der Waals surface area contributed by atoms with E-state index in [2.05, 4.69) is 15.9 Å². The van der Waals surface area contributed by atoms with Gasteiger partial charge in [-0.3, -0.25) is 19.3 Å². The summed E-state index contributed by atoms with van der Waals surface area (Å²) in [6, 6.07) is 18.2. The molecule has 1 aliphatic heterocycles. The number of aromatic nitrogens is 1. The van der Waals surface area contributed by atoms with Crippen LogP contribution in [0.1, 0.15) is 15.9 Å². The Morgan fingerprint density at radius 2 is 1.84 bits per heavy atom. The molecule has 1 saturated heterocycles. The van der Waals surface area contributed by atoms with Crippen LogP contribution in [0.2, 0.25) is 5.02 Å². The fraction of sp³-hybridized carbons (Fsp3) is 0.107. The average Bonchev–Trinajstić information content (AvgIpc) is 3.36. The number of Topliss-reactive ketones (excluding diaryl/α,β-unsaturated/α-hetero) is 1. The standard InChI is InChI=1S/C28H19BrClFN2O4S/c29-19-7-10-23-21(14-19)18(15-32(23)11-12-37-25-4-2-1-3-22(25)31)13-26-27(35)33(28(36)38-26)16-24(34)17-5-8-20(30)9-6-17/h1-10,13-15H,11-12,16H2/b26-13-. The van der Waals surface area contributed by atoms with Gasteiger partial charge in [-0.1, -0.05) is 39.7 Å². The van der Waals surface area contributed by atoms with Gasteiger partial charge in [-0.05, 0) is 72.4 Å². The molecule has 1 aliphatic rings. The van der Waals surface area contributed by atoms with Crippen LogP contribution in [0.15, 0.2) is 82.3 Å². The first kappa shape index (κ1) is 26.2. The maximum absolute atomic E-state index is 13.9. The van der Waals surface area contributed by atoms with E-state index in [1.54, 1.807) is 48.5 Å². The molecule has 2 amide bonds. The second-order valence-electron chi connectivity index (χ2n) is 8.42. The fourth-order valence-corrected chi connectivity index (χ4v) is 5.38. The van der Waals surface area contributed by atoms with Crippen molar-refractivity contribution in [2.45, 2.75) is 6.54 Å². The molecule has 2 heterocycles. The molecular formula is C28H19BrClFN2O4S. The predicted molar refractivity (Wildman–Crippen MR) is 150 cm³/mol. The normalized spacial score (nSPS) is 14.6. The number of hydrogen-bond donors (Lipinski definition) is 0. The number of carbonyl (C=O) groups is 3. The molecule has 1 fully saturated rings. The Morgan fingerprint density at radius 1 is 1.08 bits per heavy atom. The summed E-state index contributed by atoms with van der Waals surface area (Å²) in [5, 5.41) is 0.835. The number of amides is 2. The highest BCUT2D eigenvalue weighted by Crippen LogP contribution is 2.35. The molecular weight excluding hydrogens is 595 g/mol. The van der Waals surface area contributed by atoms with Crippen LogP contribution in [0, 0.1) is 5.82 Å². The maximum Gasteiger partial charge on any atom is 0.293 e. The molecule has 0 atom stereocenters. The van der Waals surface area contributed by atoms with Crippen molar-refractivity contribution >= 4 is 73.2 Å². The SMILES string of the molecule is O=C(CN1C(=O)S/C(=C\c2cn(CCOc3ccccc3F)c3ccc(Br)cc23)C1=O)c1ccc(Cl)cc1. The van der Waals surface area contributed by atoms with Gasteiger partial charge in [0.2, 0.25) is 0 Å². The van der Waals surface area contributed by atoms with Crippen molar-refractivity contribution in [3.8, 4) is 5.75 Å². The molecule has 1 aromatic heterocycles. The van der Waals surface area contributed by atoms with Gasteiger partial charge in [-0.2, -0.15) is 0 Å². The summed E-state index contributed by atoms with van der Waals surface area (Å²) < 4.78 is 22.3. The van der Waals surface area contributed by atoms with E-state index in [1.807, 2.05) is 29.0 Å². The highest BCUT2D eigenvalue weighted by atomic mass is 79.9. The average molecular weight is 614 g/mol. The van der Waals surface area contributed by atoms with Gasteiger partial charge in [0.25, 0.3) is 11.1 Å². The van der Waals surface area contributed by atoms with Gasteiger partial charge in [0.15, 0.2) is 17.3 Å². The molecule has 0 N–H and O–H groups in total. The van der Waals surface area contributed by atoms with Gasteiger partial charge in [-0.25, -0.2) is 4.39 Å². The summed E-state index contributed by atoms with van der Waals surface area (Å²) in [6.45, 7) is 0.297. The van der Waals surface area contributed by atoms with Crippen LogP contribution in [-0.4, -0.2) is 39.5 Å². The van der Waals surface area contributed by atoms with Gasteiger partial charge in [-0.15, -0.1) is 0 Å². The Hall–Kier alpha value is -3.40. The molecule has 0 aliphatic carbocycles. The van der Waals surface area contributed by atoms with Crippen molar-refractivity contribution < 1.29 is 23.5 Å². The minimum Gasteiger partial charge on any atom is -0.489 e. The zero-order valence-electron chi connectivity index (χ0n) is 19.7. The summed E-state index contributed by atoms with van der Waals surface area (Å²) >= 11 is 10.2. The number of benzene rings is 3. The fourth-order valence-electron chi connectivity index (χ4n) is 4.06. The van der Waals surface area contributed by atoms with Crippen molar-refractivity contribution in [2.75, 3.05) is 13.2 Å². The van der Waals surface area contributed by atoms with Gasteiger partial charge >= 0.3 is 0 Å². The molecule has 6 nitrogen and oxygen atoms in total. The zero-order valence-corrected chi connectivity index (χ0v) is 22.9. The number of ether oxygens (including phenoxy) is 1. The quantitative estimate of drug-likeness (QED) is 0.155. The van der Waals surface area contributed by atoms with Crippen LogP contribution in [0.5, 0.6) is 5.75 Å². The van der Waals surface area contributed by atoms with E-state index < -0.39 is 17.0 Å². The second kappa shape index (κ2) is 11.1. The number of thioether (sulfide) groups is 1. The minimum absolute atomic E-state index is 0.175. The number of hydrogen-bond acceptors (Lipinski definition) is 5. The molecule has 192 valence electrons. The Bertz CT molecular complexity index is 1600. The van der Waals surface area contributed by atoms with Crippen LogP contribution >= 0.6 is 39.3 Å². The summed E-state index contributed by atoms with van der Waals surface area (Å²) in [4.78, 5) is 39.5. The van der Waals surface area contributed by atoms with E-state index >= 15 is 0 Å². The summed E-state index contributed by atoms with van der Waals surface area (Å²) in [5.41, 5.74) is 1.97. The largest absolute Gasteiger partial charge is 0.489 e. The maximum atomic E-state index is 13.9. The number of nitrogens with zero attached hydrogens (tertiary/aromatic N) is 2. The number of ketones is 1. The summed E-state index contributed by atoms with van der Waals surface area (Å²) in [6.07, 6.45) is 3.51. The first-order chi connectivity index (χ1) is 18.3. The van der Waals surface area contributed by atoms with E-state index in [0.717, 1.165) is 37.6 Å². The van der Waals surface area contributed by atoms with Crippen molar-refractivity contribution in [2.24, 2.45) is 0 Å².